The predicted octanol–water partition coefficient (Wildman–Crippen LogP) is 3.33. The summed E-state index contributed by atoms with van der Waals surface area (Å²) in [7, 11) is 0. The molecule has 2 rings (SSSR count). The number of hydrogen-bond donors (Lipinski definition) is 0. The molecule has 0 aliphatic carbocycles. The maximum Gasteiger partial charge on any atom is 0.417 e. The Morgan fingerprint density at radius 1 is 1.25 bits per heavy atom. The molecule has 1 aromatic rings. The van der Waals surface area contributed by atoms with Crippen LogP contribution in [0.15, 0.2) is 30.3 Å². The number of ether oxygens (including phenoxy) is 1. The number of hydrogen-bond acceptors (Lipinski definition) is 3. The number of imide groups is 1. The fourth-order valence-electron chi connectivity index (χ4n) is 2.35. The molecule has 0 bridgehead atoms. The number of nitrogens with zero attached hydrogens (tertiary/aromatic N) is 1. The normalized spacial score (nSPS) is 19.9. The molecular weight excluding hydrogens is 254 g/mol. The van der Waals surface area contributed by atoms with Crippen molar-refractivity contribution >= 4 is 12.0 Å². The molecule has 0 aromatic heterocycles. The van der Waals surface area contributed by atoms with Gasteiger partial charge in [0.15, 0.2) is 0 Å². The lowest BCUT2D eigenvalue weighted by molar-refractivity contribution is -0.132. The van der Waals surface area contributed by atoms with Crippen molar-refractivity contribution in [1.29, 1.82) is 0 Å². The predicted molar refractivity (Wildman–Crippen MR) is 76.4 cm³/mol. The maximum atomic E-state index is 12.1. The maximum absolute atomic E-state index is 12.1. The lowest BCUT2D eigenvalue weighted by atomic mass is 9.89. The van der Waals surface area contributed by atoms with E-state index in [2.05, 4.69) is 0 Å². The molecule has 0 saturated carbocycles. The zero-order valence-corrected chi connectivity index (χ0v) is 12.3. The Balaban J connectivity index is 2.00. The lowest BCUT2D eigenvalue weighted by Crippen LogP contribution is -2.44. The topological polar surface area (TPSA) is 46.6 Å². The van der Waals surface area contributed by atoms with Gasteiger partial charge in [-0.25, -0.2) is 9.69 Å². The number of rotatable bonds is 1. The van der Waals surface area contributed by atoms with Crippen molar-refractivity contribution in [2.75, 3.05) is 6.54 Å². The first-order valence-corrected chi connectivity index (χ1v) is 6.95. The molecular formula is C16H21NO3. The number of carbonyl (C=O) groups is 2. The molecule has 4 heteroatoms. The number of benzene rings is 1. The van der Waals surface area contributed by atoms with Crippen LogP contribution >= 0.6 is 0 Å². The summed E-state index contributed by atoms with van der Waals surface area (Å²) in [6.07, 6.45) is 0.618. The van der Waals surface area contributed by atoms with Crippen LogP contribution in [0.4, 0.5) is 4.79 Å². The van der Waals surface area contributed by atoms with Crippen LogP contribution in [-0.2, 0) is 9.53 Å². The molecule has 20 heavy (non-hydrogen) atoms. The van der Waals surface area contributed by atoms with E-state index in [4.69, 9.17) is 4.74 Å². The van der Waals surface area contributed by atoms with E-state index in [1.54, 1.807) is 20.8 Å². The van der Waals surface area contributed by atoms with E-state index < -0.39 is 11.7 Å². The third-order valence-corrected chi connectivity index (χ3v) is 3.31. The summed E-state index contributed by atoms with van der Waals surface area (Å²) in [6, 6.07) is 9.96. The number of piperidine rings is 1. The average Bonchev–Trinajstić information content (AvgIpc) is 2.37. The van der Waals surface area contributed by atoms with Crippen molar-refractivity contribution in [3.05, 3.63) is 35.9 Å². The van der Waals surface area contributed by atoms with Gasteiger partial charge in [-0.15, -0.1) is 0 Å². The second-order valence-electron chi connectivity index (χ2n) is 6.13. The van der Waals surface area contributed by atoms with Gasteiger partial charge < -0.3 is 4.74 Å². The largest absolute Gasteiger partial charge is 0.443 e. The minimum absolute atomic E-state index is 0.153. The van der Waals surface area contributed by atoms with Gasteiger partial charge in [0.2, 0.25) is 5.91 Å². The third kappa shape index (κ3) is 3.59. The van der Waals surface area contributed by atoms with E-state index in [9.17, 15) is 9.59 Å². The van der Waals surface area contributed by atoms with Crippen LogP contribution in [-0.4, -0.2) is 29.0 Å². The van der Waals surface area contributed by atoms with Gasteiger partial charge in [-0.3, -0.25) is 4.79 Å². The molecule has 1 unspecified atom stereocenters. The summed E-state index contributed by atoms with van der Waals surface area (Å²) in [5, 5.41) is 0. The first-order valence-electron chi connectivity index (χ1n) is 6.95. The van der Waals surface area contributed by atoms with Crippen molar-refractivity contribution in [1.82, 2.24) is 4.90 Å². The van der Waals surface area contributed by atoms with Crippen LogP contribution in [0, 0.1) is 0 Å². The minimum Gasteiger partial charge on any atom is -0.443 e. The Bertz CT molecular complexity index is 490. The Morgan fingerprint density at radius 2 is 1.90 bits per heavy atom. The Labute approximate surface area is 119 Å². The fraction of sp³-hybridized carbons (Fsp3) is 0.500. The van der Waals surface area contributed by atoms with E-state index in [-0.39, 0.29) is 11.8 Å². The van der Waals surface area contributed by atoms with Crippen molar-refractivity contribution in [2.45, 2.75) is 45.1 Å². The van der Waals surface area contributed by atoms with Gasteiger partial charge in [0.05, 0.1) is 0 Å². The quantitative estimate of drug-likeness (QED) is 0.789. The summed E-state index contributed by atoms with van der Waals surface area (Å²) in [4.78, 5) is 25.3. The summed E-state index contributed by atoms with van der Waals surface area (Å²) >= 11 is 0. The minimum atomic E-state index is -0.576. The first-order chi connectivity index (χ1) is 9.37. The molecule has 108 valence electrons. The van der Waals surface area contributed by atoms with Crippen molar-refractivity contribution in [3.63, 3.8) is 0 Å². The SMILES string of the molecule is CC(C)(C)OC(=O)N1CCC(c2ccccc2)CC1=O. The van der Waals surface area contributed by atoms with E-state index in [1.165, 1.54) is 4.90 Å². The Morgan fingerprint density at radius 3 is 2.45 bits per heavy atom. The second-order valence-corrected chi connectivity index (χ2v) is 6.13. The summed E-state index contributed by atoms with van der Waals surface area (Å²) < 4.78 is 5.25. The second kappa shape index (κ2) is 5.65. The average molecular weight is 275 g/mol. The van der Waals surface area contributed by atoms with Crippen molar-refractivity contribution in [2.24, 2.45) is 0 Å². The number of amides is 2. The summed E-state index contributed by atoms with van der Waals surface area (Å²) in [5.41, 5.74) is 0.581. The Hall–Kier alpha value is -1.84. The van der Waals surface area contributed by atoms with Crippen molar-refractivity contribution in [3.8, 4) is 0 Å². The van der Waals surface area contributed by atoms with E-state index >= 15 is 0 Å². The van der Waals surface area contributed by atoms with Gasteiger partial charge >= 0.3 is 6.09 Å². The molecule has 1 saturated heterocycles. The molecule has 1 aliphatic heterocycles. The molecule has 2 amide bonds. The number of likely N-dealkylation sites (tertiary alicyclic amines) is 1. The van der Waals surface area contributed by atoms with Crippen LogP contribution in [0.3, 0.4) is 0 Å². The molecule has 1 atom stereocenters. The lowest BCUT2D eigenvalue weighted by Gasteiger charge is -2.32. The zero-order valence-electron chi connectivity index (χ0n) is 12.3. The van der Waals surface area contributed by atoms with Gasteiger partial charge in [0.1, 0.15) is 5.60 Å². The van der Waals surface area contributed by atoms with Gasteiger partial charge in [0, 0.05) is 13.0 Å². The van der Waals surface area contributed by atoms with Crippen LogP contribution in [0.25, 0.3) is 0 Å². The van der Waals surface area contributed by atoms with Crippen LogP contribution < -0.4 is 0 Å². The highest BCUT2D eigenvalue weighted by molar-refractivity contribution is 5.93. The molecule has 1 heterocycles. The van der Waals surface area contributed by atoms with Gasteiger partial charge in [0.25, 0.3) is 0 Å². The highest BCUT2D eigenvalue weighted by atomic mass is 16.6. The highest BCUT2D eigenvalue weighted by Gasteiger charge is 2.33. The van der Waals surface area contributed by atoms with E-state index in [0.29, 0.717) is 13.0 Å². The first kappa shape index (κ1) is 14.6. The molecule has 1 fully saturated rings. The van der Waals surface area contributed by atoms with Crippen LogP contribution in [0.5, 0.6) is 0 Å². The fourth-order valence-corrected chi connectivity index (χ4v) is 2.35. The van der Waals surface area contributed by atoms with Gasteiger partial charge in [-0.2, -0.15) is 0 Å². The standard InChI is InChI=1S/C16H21NO3/c1-16(2,3)20-15(19)17-10-9-13(11-14(17)18)12-7-5-4-6-8-12/h4-8,13H,9-11H2,1-3H3. The zero-order chi connectivity index (χ0) is 14.8. The van der Waals surface area contributed by atoms with Crippen LogP contribution in [0.1, 0.15) is 45.1 Å². The van der Waals surface area contributed by atoms with Gasteiger partial charge in [-0.1, -0.05) is 30.3 Å². The van der Waals surface area contributed by atoms with Gasteiger partial charge in [-0.05, 0) is 38.7 Å². The monoisotopic (exact) mass is 275 g/mol. The summed E-state index contributed by atoms with van der Waals surface area (Å²) in [6.45, 7) is 5.82. The van der Waals surface area contributed by atoms with Crippen LogP contribution in [0.2, 0.25) is 0 Å². The molecule has 1 aliphatic rings. The van der Waals surface area contributed by atoms with E-state index in [1.807, 2.05) is 30.3 Å². The van der Waals surface area contributed by atoms with E-state index in [0.717, 1.165) is 12.0 Å². The number of carbonyl (C=O) groups excluding carboxylic acids is 2. The molecule has 0 N–H and O–H groups in total. The molecule has 1 aromatic carbocycles. The third-order valence-electron chi connectivity index (χ3n) is 3.31. The van der Waals surface area contributed by atoms with Crippen molar-refractivity contribution < 1.29 is 14.3 Å². The molecule has 0 radical (unpaired) electrons. The molecule has 0 spiro atoms. The molecule has 4 nitrogen and oxygen atoms in total. The smallest absolute Gasteiger partial charge is 0.417 e. The summed E-state index contributed by atoms with van der Waals surface area (Å²) in [5.74, 6) is 0.0433. The Kier molecular flexibility index (Phi) is 4.12. The highest BCUT2D eigenvalue weighted by Crippen LogP contribution is 2.29.